The van der Waals surface area contributed by atoms with Crippen molar-refractivity contribution in [3.05, 3.63) is 71.3 Å². The molecule has 35 heavy (non-hydrogen) atoms. The molecule has 0 atom stereocenters. The number of carbonyl (C=O) groups excluding carboxylic acids is 1. The lowest BCUT2D eigenvalue weighted by molar-refractivity contribution is 0.0956. The second kappa shape index (κ2) is 9.97. The van der Waals surface area contributed by atoms with Crippen LogP contribution in [0.1, 0.15) is 48.0 Å². The van der Waals surface area contributed by atoms with Gasteiger partial charge in [-0.05, 0) is 61.9 Å². The van der Waals surface area contributed by atoms with Gasteiger partial charge in [-0.3, -0.25) is 4.79 Å². The van der Waals surface area contributed by atoms with E-state index in [2.05, 4.69) is 16.5 Å². The number of nitrogens with two attached hydrogens (primary N) is 1. The fraction of sp³-hybridized carbons (Fsp3) is 0.259. The van der Waals surface area contributed by atoms with Crippen LogP contribution in [0.4, 0.5) is 5.82 Å². The average molecular weight is 469 g/mol. The van der Waals surface area contributed by atoms with Crippen LogP contribution < -0.4 is 15.8 Å². The molecule has 0 radical (unpaired) electrons. The number of anilines is 1. The molecule has 8 nitrogen and oxygen atoms in total. The maximum absolute atomic E-state index is 13.3. The quantitative estimate of drug-likeness (QED) is 0.303. The lowest BCUT2D eigenvalue weighted by atomic mass is 9.97. The third-order valence-corrected chi connectivity index (χ3v) is 6.23. The summed E-state index contributed by atoms with van der Waals surface area (Å²) in [4.78, 5) is 22.7. The molecule has 2 aromatic heterocycles. The van der Waals surface area contributed by atoms with Crippen molar-refractivity contribution in [2.24, 2.45) is 5.10 Å². The molecule has 3 N–H and O–H groups in total. The first-order valence-corrected chi connectivity index (χ1v) is 11.8. The van der Waals surface area contributed by atoms with Gasteiger partial charge < -0.3 is 15.8 Å². The van der Waals surface area contributed by atoms with Gasteiger partial charge in [0, 0.05) is 6.54 Å². The number of ether oxygens (including phenoxy) is 1. The predicted molar refractivity (Wildman–Crippen MR) is 139 cm³/mol. The first-order valence-electron chi connectivity index (χ1n) is 11.8. The third kappa shape index (κ3) is 4.73. The smallest absolute Gasteiger partial charge is 0.257 e. The number of methoxy groups -OCH3 is 1. The Bertz CT molecular complexity index is 1450. The lowest BCUT2D eigenvalue weighted by Crippen LogP contribution is -2.25. The molecular weight excluding hydrogens is 440 g/mol. The van der Waals surface area contributed by atoms with E-state index in [-0.39, 0.29) is 11.7 Å². The molecular formula is C27H28N6O2. The number of nitrogen functional groups attached to an aromatic ring is 1. The van der Waals surface area contributed by atoms with E-state index in [1.807, 2.05) is 48.5 Å². The van der Waals surface area contributed by atoms with Gasteiger partial charge >= 0.3 is 0 Å². The minimum atomic E-state index is -0.274. The van der Waals surface area contributed by atoms with Crippen molar-refractivity contribution in [1.82, 2.24) is 20.0 Å². The molecule has 0 saturated heterocycles. The Morgan fingerprint density at radius 3 is 2.77 bits per heavy atom. The zero-order chi connectivity index (χ0) is 24.2. The summed E-state index contributed by atoms with van der Waals surface area (Å²) >= 11 is 0. The predicted octanol–water partition coefficient (Wildman–Crippen LogP) is 4.68. The van der Waals surface area contributed by atoms with E-state index < -0.39 is 0 Å². The highest BCUT2D eigenvalue weighted by Crippen LogP contribution is 2.28. The highest BCUT2D eigenvalue weighted by Gasteiger charge is 2.24. The second-order valence-corrected chi connectivity index (χ2v) is 8.59. The Labute approximate surface area is 203 Å². The van der Waals surface area contributed by atoms with E-state index >= 15 is 0 Å². The number of carbonyl (C=O) groups is 1. The van der Waals surface area contributed by atoms with Crippen molar-refractivity contribution in [3.8, 4) is 5.75 Å². The van der Waals surface area contributed by atoms with Gasteiger partial charge in [0.1, 0.15) is 22.6 Å². The minimum absolute atomic E-state index is 0.198. The van der Waals surface area contributed by atoms with Crippen molar-refractivity contribution >= 4 is 40.1 Å². The summed E-state index contributed by atoms with van der Waals surface area (Å²) in [6.45, 7) is 0.546. The SMILES string of the molecule is COc1cccc(/C=N\n2c(N)c(C(=O)NCCC3=CCCCC3)c3nc4ccccc4nc32)c1. The molecule has 4 aromatic rings. The summed E-state index contributed by atoms with van der Waals surface area (Å²) in [5, 5.41) is 7.58. The van der Waals surface area contributed by atoms with Gasteiger partial charge in [0.05, 0.1) is 24.4 Å². The number of nitrogens with zero attached hydrogens (tertiary/aromatic N) is 4. The standard InChI is InChI=1S/C27H28N6O2/c1-35-20-11-7-10-19(16-20)17-30-33-25(28)23(27(34)29-15-14-18-8-3-2-4-9-18)24-26(33)32-22-13-6-5-12-21(22)31-24/h5-8,10-13,16-17H,2-4,9,14-15,28H2,1H3,(H,29,34)/b30-17-. The number of fused-ring (bicyclic) bond motifs is 2. The molecule has 5 rings (SSSR count). The summed E-state index contributed by atoms with van der Waals surface area (Å²) in [6, 6.07) is 15.0. The Hall–Kier alpha value is -4.20. The fourth-order valence-electron chi connectivity index (χ4n) is 4.39. The van der Waals surface area contributed by atoms with Gasteiger partial charge in [-0.1, -0.05) is 35.9 Å². The second-order valence-electron chi connectivity index (χ2n) is 8.59. The molecule has 1 aliphatic carbocycles. The highest BCUT2D eigenvalue weighted by atomic mass is 16.5. The maximum Gasteiger partial charge on any atom is 0.257 e. The number of rotatable bonds is 7. The average Bonchev–Trinajstić information content (AvgIpc) is 3.16. The normalized spacial score (nSPS) is 13.9. The van der Waals surface area contributed by atoms with Crippen molar-refractivity contribution in [3.63, 3.8) is 0 Å². The Kier molecular flexibility index (Phi) is 6.43. The van der Waals surface area contributed by atoms with E-state index in [4.69, 9.17) is 20.4 Å². The number of para-hydroxylation sites is 2. The van der Waals surface area contributed by atoms with Crippen LogP contribution in [-0.2, 0) is 0 Å². The maximum atomic E-state index is 13.3. The largest absolute Gasteiger partial charge is 0.497 e. The number of amides is 1. The monoisotopic (exact) mass is 468 g/mol. The van der Waals surface area contributed by atoms with Crippen molar-refractivity contribution in [2.45, 2.75) is 32.1 Å². The molecule has 8 heteroatoms. The molecule has 1 amide bonds. The summed E-state index contributed by atoms with van der Waals surface area (Å²) < 4.78 is 6.77. The molecule has 0 fully saturated rings. The van der Waals surface area contributed by atoms with Gasteiger partial charge in [-0.2, -0.15) is 9.78 Å². The van der Waals surface area contributed by atoms with Crippen LogP contribution in [0.2, 0.25) is 0 Å². The van der Waals surface area contributed by atoms with Crippen LogP contribution in [0, 0.1) is 0 Å². The van der Waals surface area contributed by atoms with Crippen LogP contribution in [0.3, 0.4) is 0 Å². The van der Waals surface area contributed by atoms with Gasteiger partial charge in [-0.25, -0.2) is 9.97 Å². The lowest BCUT2D eigenvalue weighted by Gasteiger charge is -2.12. The van der Waals surface area contributed by atoms with E-state index in [1.54, 1.807) is 13.3 Å². The molecule has 2 aromatic carbocycles. The fourth-order valence-corrected chi connectivity index (χ4v) is 4.39. The number of nitrogens with one attached hydrogen (secondary N) is 1. The molecule has 178 valence electrons. The zero-order valence-electron chi connectivity index (χ0n) is 19.7. The molecule has 0 saturated carbocycles. The summed E-state index contributed by atoms with van der Waals surface area (Å²) in [6.07, 6.45) is 9.48. The molecule has 2 heterocycles. The van der Waals surface area contributed by atoms with Crippen LogP contribution >= 0.6 is 0 Å². The van der Waals surface area contributed by atoms with Crippen molar-refractivity contribution < 1.29 is 9.53 Å². The van der Waals surface area contributed by atoms with E-state index in [0.29, 0.717) is 34.3 Å². The van der Waals surface area contributed by atoms with Crippen LogP contribution in [-0.4, -0.2) is 40.4 Å². The topological polar surface area (TPSA) is 107 Å². The first kappa shape index (κ1) is 22.6. The Morgan fingerprint density at radius 2 is 2.00 bits per heavy atom. The summed E-state index contributed by atoms with van der Waals surface area (Å²) in [7, 11) is 1.62. The minimum Gasteiger partial charge on any atom is -0.497 e. The van der Waals surface area contributed by atoms with Crippen molar-refractivity contribution in [1.29, 1.82) is 0 Å². The van der Waals surface area contributed by atoms with Gasteiger partial charge in [-0.15, -0.1) is 0 Å². The Morgan fingerprint density at radius 1 is 1.17 bits per heavy atom. The zero-order valence-corrected chi connectivity index (χ0v) is 19.7. The molecule has 0 spiro atoms. The Balaban J connectivity index is 1.51. The van der Waals surface area contributed by atoms with Gasteiger partial charge in [0.15, 0.2) is 5.65 Å². The summed E-state index contributed by atoms with van der Waals surface area (Å²) in [5.74, 6) is 0.644. The molecule has 0 aliphatic heterocycles. The van der Waals surface area contributed by atoms with Crippen LogP contribution in [0.5, 0.6) is 5.75 Å². The van der Waals surface area contributed by atoms with Crippen LogP contribution in [0.25, 0.3) is 22.2 Å². The molecule has 1 aliphatic rings. The van der Waals surface area contributed by atoms with E-state index in [9.17, 15) is 4.79 Å². The molecule has 0 bridgehead atoms. The van der Waals surface area contributed by atoms with E-state index in [0.717, 1.165) is 30.6 Å². The summed E-state index contributed by atoms with van der Waals surface area (Å²) in [5.41, 5.74) is 11.3. The van der Waals surface area contributed by atoms with Gasteiger partial charge in [0.25, 0.3) is 5.91 Å². The third-order valence-electron chi connectivity index (χ3n) is 6.23. The highest BCUT2D eigenvalue weighted by molar-refractivity contribution is 6.10. The number of benzene rings is 2. The number of aromatic nitrogens is 3. The van der Waals surface area contributed by atoms with E-state index in [1.165, 1.54) is 23.1 Å². The number of hydrogen-bond acceptors (Lipinski definition) is 6. The first-order chi connectivity index (χ1) is 17.1. The van der Waals surface area contributed by atoms with Crippen molar-refractivity contribution in [2.75, 3.05) is 19.4 Å². The number of hydrogen-bond donors (Lipinski definition) is 2. The number of allylic oxidation sites excluding steroid dienone is 1. The van der Waals surface area contributed by atoms with Crippen LogP contribution in [0.15, 0.2) is 65.3 Å². The molecule has 0 unspecified atom stereocenters. The van der Waals surface area contributed by atoms with Gasteiger partial charge in [0.2, 0.25) is 0 Å².